The zero-order valence-corrected chi connectivity index (χ0v) is 13.2. The van der Waals surface area contributed by atoms with Crippen LogP contribution in [0.2, 0.25) is 0 Å². The number of nitrogens with one attached hydrogen (secondary N) is 2. The molecule has 1 fully saturated rings. The minimum Gasteiger partial charge on any atom is -0.354 e. The van der Waals surface area contributed by atoms with Gasteiger partial charge in [-0.05, 0) is 37.6 Å². The molecule has 19 heavy (non-hydrogen) atoms. The second-order valence-electron chi connectivity index (χ2n) is 6.62. The summed E-state index contributed by atoms with van der Waals surface area (Å²) in [7, 11) is 0. The van der Waals surface area contributed by atoms with Gasteiger partial charge in [-0.25, -0.2) is 0 Å². The number of rotatable bonds is 7. The normalized spacial score (nSPS) is 22.5. The standard InChI is InChI=1S/C16H32N2O/c1-5-8-13(9-6-2)15(19)18-12-14-16(3,4)10-7-11-17-14/h13-14,17H,5-12H2,1-4H3,(H,18,19). The van der Waals surface area contributed by atoms with Crippen LogP contribution in [0.25, 0.3) is 0 Å². The molecule has 0 spiro atoms. The molecule has 0 aromatic carbocycles. The molecule has 1 atom stereocenters. The van der Waals surface area contributed by atoms with Gasteiger partial charge in [0.05, 0.1) is 0 Å². The molecular weight excluding hydrogens is 236 g/mol. The molecule has 1 rings (SSSR count). The maximum absolute atomic E-state index is 12.2. The van der Waals surface area contributed by atoms with Crippen LogP contribution < -0.4 is 10.6 Å². The quantitative estimate of drug-likeness (QED) is 0.745. The third-order valence-corrected chi connectivity index (χ3v) is 4.46. The predicted molar refractivity (Wildman–Crippen MR) is 81.1 cm³/mol. The Bertz CT molecular complexity index is 270. The van der Waals surface area contributed by atoms with Crippen molar-refractivity contribution in [1.82, 2.24) is 10.6 Å². The summed E-state index contributed by atoms with van der Waals surface area (Å²) >= 11 is 0. The fraction of sp³-hybridized carbons (Fsp3) is 0.938. The first kappa shape index (κ1) is 16.5. The Morgan fingerprint density at radius 3 is 2.47 bits per heavy atom. The van der Waals surface area contributed by atoms with E-state index >= 15 is 0 Å². The van der Waals surface area contributed by atoms with Crippen molar-refractivity contribution >= 4 is 5.91 Å². The predicted octanol–water partition coefficient (Wildman–Crippen LogP) is 3.10. The van der Waals surface area contributed by atoms with Crippen molar-refractivity contribution < 1.29 is 4.79 Å². The van der Waals surface area contributed by atoms with Gasteiger partial charge in [0.25, 0.3) is 0 Å². The number of hydrogen-bond acceptors (Lipinski definition) is 2. The molecule has 1 aliphatic rings. The average molecular weight is 268 g/mol. The lowest BCUT2D eigenvalue weighted by atomic mass is 9.77. The van der Waals surface area contributed by atoms with Gasteiger partial charge in [-0.15, -0.1) is 0 Å². The van der Waals surface area contributed by atoms with E-state index in [9.17, 15) is 4.79 Å². The lowest BCUT2D eigenvalue weighted by molar-refractivity contribution is -0.125. The number of carbonyl (C=O) groups is 1. The Morgan fingerprint density at radius 2 is 1.95 bits per heavy atom. The van der Waals surface area contributed by atoms with E-state index in [1.54, 1.807) is 0 Å². The van der Waals surface area contributed by atoms with Gasteiger partial charge >= 0.3 is 0 Å². The Hall–Kier alpha value is -0.570. The molecule has 1 heterocycles. The highest BCUT2D eigenvalue weighted by Crippen LogP contribution is 2.29. The van der Waals surface area contributed by atoms with Gasteiger partial charge < -0.3 is 10.6 Å². The van der Waals surface area contributed by atoms with E-state index in [0.717, 1.165) is 38.8 Å². The summed E-state index contributed by atoms with van der Waals surface area (Å²) < 4.78 is 0. The van der Waals surface area contributed by atoms with Crippen molar-refractivity contribution in [3.63, 3.8) is 0 Å². The molecule has 3 heteroatoms. The highest BCUT2D eigenvalue weighted by Gasteiger charge is 2.32. The summed E-state index contributed by atoms with van der Waals surface area (Å²) in [4.78, 5) is 12.2. The van der Waals surface area contributed by atoms with Crippen molar-refractivity contribution in [3.8, 4) is 0 Å². The Morgan fingerprint density at radius 1 is 1.32 bits per heavy atom. The van der Waals surface area contributed by atoms with Crippen LogP contribution in [0.15, 0.2) is 0 Å². The number of carbonyl (C=O) groups excluding carboxylic acids is 1. The fourth-order valence-corrected chi connectivity index (χ4v) is 3.07. The highest BCUT2D eigenvalue weighted by atomic mass is 16.1. The maximum Gasteiger partial charge on any atom is 0.223 e. The van der Waals surface area contributed by atoms with Gasteiger partial charge in [0, 0.05) is 18.5 Å². The van der Waals surface area contributed by atoms with Crippen LogP contribution in [0.4, 0.5) is 0 Å². The molecule has 2 N–H and O–H groups in total. The van der Waals surface area contributed by atoms with E-state index in [2.05, 4.69) is 38.3 Å². The second kappa shape index (κ2) is 7.88. The SMILES string of the molecule is CCCC(CCC)C(=O)NCC1NCCCC1(C)C. The van der Waals surface area contributed by atoms with E-state index in [0.29, 0.717) is 6.04 Å². The molecule has 0 aliphatic carbocycles. The zero-order chi connectivity index (χ0) is 14.3. The highest BCUT2D eigenvalue weighted by molar-refractivity contribution is 5.78. The summed E-state index contributed by atoms with van der Waals surface area (Å²) in [5.41, 5.74) is 0.288. The molecular formula is C16H32N2O. The monoisotopic (exact) mass is 268 g/mol. The minimum atomic E-state index is 0.210. The first-order chi connectivity index (χ1) is 9.01. The Labute approximate surface area is 118 Å². The zero-order valence-electron chi connectivity index (χ0n) is 13.2. The van der Waals surface area contributed by atoms with Gasteiger partial charge in [0.1, 0.15) is 0 Å². The molecule has 1 amide bonds. The van der Waals surface area contributed by atoms with Gasteiger partial charge in [0.15, 0.2) is 0 Å². The third-order valence-electron chi connectivity index (χ3n) is 4.46. The largest absolute Gasteiger partial charge is 0.354 e. The topological polar surface area (TPSA) is 41.1 Å². The maximum atomic E-state index is 12.2. The van der Waals surface area contributed by atoms with Crippen LogP contribution in [0.3, 0.4) is 0 Å². The molecule has 0 aromatic heterocycles. The number of hydrogen-bond donors (Lipinski definition) is 2. The molecule has 1 unspecified atom stereocenters. The van der Waals surface area contributed by atoms with Crippen LogP contribution in [0.5, 0.6) is 0 Å². The van der Waals surface area contributed by atoms with Crippen molar-refractivity contribution in [3.05, 3.63) is 0 Å². The molecule has 1 aliphatic heterocycles. The summed E-state index contributed by atoms with van der Waals surface area (Å²) in [5, 5.41) is 6.73. The molecule has 0 bridgehead atoms. The number of piperidine rings is 1. The summed E-state index contributed by atoms with van der Waals surface area (Å²) in [5.74, 6) is 0.466. The van der Waals surface area contributed by atoms with Crippen LogP contribution in [0, 0.1) is 11.3 Å². The van der Waals surface area contributed by atoms with Crippen molar-refractivity contribution in [2.75, 3.05) is 13.1 Å². The van der Waals surface area contributed by atoms with E-state index in [-0.39, 0.29) is 17.2 Å². The van der Waals surface area contributed by atoms with Crippen molar-refractivity contribution in [2.45, 2.75) is 72.3 Å². The third kappa shape index (κ3) is 5.13. The Balaban J connectivity index is 2.43. The van der Waals surface area contributed by atoms with Crippen LogP contribution >= 0.6 is 0 Å². The van der Waals surface area contributed by atoms with E-state index in [1.165, 1.54) is 12.8 Å². The number of amides is 1. The second-order valence-corrected chi connectivity index (χ2v) is 6.62. The minimum absolute atomic E-state index is 0.210. The summed E-state index contributed by atoms with van der Waals surface area (Å²) in [6.45, 7) is 10.8. The van der Waals surface area contributed by atoms with Crippen molar-refractivity contribution in [1.29, 1.82) is 0 Å². The smallest absolute Gasteiger partial charge is 0.223 e. The van der Waals surface area contributed by atoms with Crippen LogP contribution in [0.1, 0.15) is 66.2 Å². The lowest BCUT2D eigenvalue weighted by Gasteiger charge is -2.39. The molecule has 0 aromatic rings. The van der Waals surface area contributed by atoms with E-state index in [1.807, 2.05) is 0 Å². The average Bonchev–Trinajstić information content (AvgIpc) is 2.36. The van der Waals surface area contributed by atoms with Crippen molar-refractivity contribution in [2.24, 2.45) is 11.3 Å². The van der Waals surface area contributed by atoms with E-state index in [4.69, 9.17) is 0 Å². The van der Waals surface area contributed by atoms with Gasteiger partial charge in [0.2, 0.25) is 5.91 Å². The molecule has 0 saturated carbocycles. The Kier molecular flexibility index (Phi) is 6.84. The lowest BCUT2D eigenvalue weighted by Crippen LogP contribution is -2.53. The molecule has 0 radical (unpaired) electrons. The molecule has 112 valence electrons. The fourth-order valence-electron chi connectivity index (χ4n) is 3.07. The summed E-state index contributed by atoms with van der Waals surface area (Å²) in [6, 6.07) is 0.411. The first-order valence-electron chi connectivity index (χ1n) is 8.02. The van der Waals surface area contributed by atoms with Gasteiger partial charge in [-0.3, -0.25) is 4.79 Å². The molecule has 1 saturated heterocycles. The summed E-state index contributed by atoms with van der Waals surface area (Å²) in [6.07, 6.45) is 6.69. The van der Waals surface area contributed by atoms with E-state index < -0.39 is 0 Å². The first-order valence-corrected chi connectivity index (χ1v) is 8.02. The van der Waals surface area contributed by atoms with Gasteiger partial charge in [-0.2, -0.15) is 0 Å². The molecule has 3 nitrogen and oxygen atoms in total. The van der Waals surface area contributed by atoms with Crippen LogP contribution in [-0.4, -0.2) is 25.0 Å². The van der Waals surface area contributed by atoms with Gasteiger partial charge in [-0.1, -0.05) is 40.5 Å². The van der Waals surface area contributed by atoms with Crippen LogP contribution in [-0.2, 0) is 4.79 Å².